The quantitative estimate of drug-likeness (QED) is 0.810. The standard InChI is InChI=1S/C24H37N3O/c1-20-11-13-22(14-12-20)27-19-25-23(28)24(27)15-17-26(18-16-24)21-9-7-5-3-2-4-6-8-10-21/h11-14,21H,2-10,15-19H2,1H3,(H,25,28). The highest BCUT2D eigenvalue weighted by Gasteiger charge is 2.50. The Morgan fingerprint density at radius 2 is 1.46 bits per heavy atom. The lowest BCUT2D eigenvalue weighted by atomic mass is 9.84. The molecule has 0 unspecified atom stereocenters. The first-order chi connectivity index (χ1) is 13.7. The number of nitrogens with zero attached hydrogens (tertiary/aromatic N) is 2. The van der Waals surface area contributed by atoms with Crippen LogP contribution in [0.15, 0.2) is 24.3 Å². The van der Waals surface area contributed by atoms with Crippen LogP contribution in [0, 0.1) is 6.92 Å². The van der Waals surface area contributed by atoms with Gasteiger partial charge in [0.1, 0.15) is 5.54 Å². The molecule has 2 aliphatic heterocycles. The average molecular weight is 384 g/mol. The minimum atomic E-state index is -0.345. The van der Waals surface area contributed by atoms with E-state index in [1.807, 2.05) is 0 Å². The van der Waals surface area contributed by atoms with Gasteiger partial charge in [-0.3, -0.25) is 4.79 Å². The molecule has 4 nitrogen and oxygen atoms in total. The predicted octanol–water partition coefficient (Wildman–Crippen LogP) is 4.62. The second-order valence-electron chi connectivity index (χ2n) is 9.20. The zero-order chi connectivity index (χ0) is 19.4. The number of amides is 1. The number of carbonyl (C=O) groups is 1. The number of piperidine rings is 1. The van der Waals surface area contributed by atoms with E-state index in [2.05, 4.69) is 46.3 Å². The fourth-order valence-corrected chi connectivity index (χ4v) is 5.56. The van der Waals surface area contributed by atoms with Gasteiger partial charge in [0, 0.05) is 24.8 Å². The summed E-state index contributed by atoms with van der Waals surface area (Å²) in [6.45, 7) is 4.87. The van der Waals surface area contributed by atoms with E-state index in [0.29, 0.717) is 6.67 Å². The van der Waals surface area contributed by atoms with Crippen molar-refractivity contribution in [3.05, 3.63) is 29.8 Å². The van der Waals surface area contributed by atoms with Gasteiger partial charge in [0.05, 0.1) is 6.67 Å². The van der Waals surface area contributed by atoms with E-state index in [-0.39, 0.29) is 11.4 Å². The van der Waals surface area contributed by atoms with E-state index < -0.39 is 0 Å². The van der Waals surface area contributed by atoms with Gasteiger partial charge in [0.2, 0.25) is 5.91 Å². The van der Waals surface area contributed by atoms with Crippen LogP contribution in [0.1, 0.15) is 76.2 Å². The summed E-state index contributed by atoms with van der Waals surface area (Å²) in [7, 11) is 0. The van der Waals surface area contributed by atoms with Crippen LogP contribution < -0.4 is 10.2 Å². The van der Waals surface area contributed by atoms with Crippen molar-refractivity contribution in [2.24, 2.45) is 0 Å². The van der Waals surface area contributed by atoms with Crippen molar-refractivity contribution in [1.29, 1.82) is 0 Å². The number of hydrogen-bond donors (Lipinski definition) is 1. The topological polar surface area (TPSA) is 35.6 Å². The maximum absolute atomic E-state index is 12.9. The highest BCUT2D eigenvalue weighted by molar-refractivity contribution is 5.93. The second kappa shape index (κ2) is 8.86. The molecule has 1 saturated carbocycles. The molecule has 2 saturated heterocycles. The van der Waals surface area contributed by atoms with Crippen LogP contribution in [-0.2, 0) is 4.79 Å². The van der Waals surface area contributed by atoms with Crippen LogP contribution in [0.25, 0.3) is 0 Å². The Balaban J connectivity index is 1.43. The van der Waals surface area contributed by atoms with Crippen LogP contribution in [-0.4, -0.2) is 42.1 Å². The SMILES string of the molecule is Cc1ccc(N2CNC(=O)C23CCN(C2CCCCCCCCC2)CC3)cc1. The molecule has 1 aromatic carbocycles. The predicted molar refractivity (Wildman–Crippen MR) is 116 cm³/mol. The molecule has 1 N–H and O–H groups in total. The lowest BCUT2D eigenvalue weighted by Gasteiger charge is -2.45. The van der Waals surface area contributed by atoms with E-state index in [9.17, 15) is 4.79 Å². The summed E-state index contributed by atoms with van der Waals surface area (Å²) in [6.07, 6.45) is 14.4. The van der Waals surface area contributed by atoms with Crippen LogP contribution in [0.5, 0.6) is 0 Å². The fraction of sp³-hybridized carbons (Fsp3) is 0.708. The number of carbonyl (C=O) groups excluding carboxylic acids is 1. The Morgan fingerprint density at radius 1 is 0.893 bits per heavy atom. The van der Waals surface area contributed by atoms with Crippen molar-refractivity contribution in [2.45, 2.75) is 89.1 Å². The minimum absolute atomic E-state index is 0.235. The molecule has 28 heavy (non-hydrogen) atoms. The normalized spacial score (nSPS) is 25.0. The van der Waals surface area contributed by atoms with Crippen molar-refractivity contribution < 1.29 is 4.79 Å². The van der Waals surface area contributed by atoms with E-state index in [1.54, 1.807) is 0 Å². The van der Waals surface area contributed by atoms with E-state index in [4.69, 9.17) is 0 Å². The molecular weight excluding hydrogens is 346 g/mol. The highest BCUT2D eigenvalue weighted by Crippen LogP contribution is 2.37. The molecule has 0 bridgehead atoms. The molecule has 0 radical (unpaired) electrons. The zero-order valence-corrected chi connectivity index (χ0v) is 17.6. The molecule has 3 fully saturated rings. The first kappa shape index (κ1) is 19.8. The molecule has 4 rings (SSSR count). The maximum atomic E-state index is 12.9. The van der Waals surface area contributed by atoms with Crippen LogP contribution in [0.3, 0.4) is 0 Å². The first-order valence-corrected chi connectivity index (χ1v) is 11.6. The molecule has 154 valence electrons. The van der Waals surface area contributed by atoms with Gasteiger partial charge in [0.15, 0.2) is 0 Å². The third-order valence-corrected chi connectivity index (χ3v) is 7.40. The first-order valence-electron chi connectivity index (χ1n) is 11.6. The molecule has 3 aliphatic rings. The van der Waals surface area contributed by atoms with E-state index in [1.165, 1.54) is 69.0 Å². The lowest BCUT2D eigenvalue weighted by molar-refractivity contribution is -0.125. The van der Waals surface area contributed by atoms with Gasteiger partial charge in [-0.1, -0.05) is 62.6 Å². The summed E-state index contributed by atoms with van der Waals surface area (Å²) in [5.41, 5.74) is 2.10. The van der Waals surface area contributed by atoms with Gasteiger partial charge < -0.3 is 15.1 Å². The summed E-state index contributed by atoms with van der Waals surface area (Å²) in [4.78, 5) is 17.9. The van der Waals surface area contributed by atoms with Gasteiger partial charge in [-0.05, 0) is 44.7 Å². The van der Waals surface area contributed by atoms with Crippen LogP contribution >= 0.6 is 0 Å². The van der Waals surface area contributed by atoms with Gasteiger partial charge in [-0.25, -0.2) is 0 Å². The number of likely N-dealkylation sites (tertiary alicyclic amines) is 1. The van der Waals surface area contributed by atoms with Crippen LogP contribution in [0.4, 0.5) is 5.69 Å². The number of anilines is 1. The van der Waals surface area contributed by atoms with Gasteiger partial charge in [-0.15, -0.1) is 0 Å². The lowest BCUT2D eigenvalue weighted by Crippen LogP contribution is -2.57. The third kappa shape index (κ3) is 4.07. The van der Waals surface area contributed by atoms with Crippen molar-refractivity contribution in [3.63, 3.8) is 0 Å². The van der Waals surface area contributed by atoms with Crippen molar-refractivity contribution in [3.8, 4) is 0 Å². The van der Waals surface area contributed by atoms with Crippen LogP contribution in [0.2, 0.25) is 0 Å². The van der Waals surface area contributed by atoms with E-state index in [0.717, 1.165) is 32.0 Å². The Kier molecular flexibility index (Phi) is 6.25. The largest absolute Gasteiger partial charge is 0.339 e. The molecule has 1 spiro atoms. The molecular formula is C24H37N3O. The Labute approximate surface area is 170 Å². The fourth-order valence-electron chi connectivity index (χ4n) is 5.56. The summed E-state index contributed by atoms with van der Waals surface area (Å²) in [6, 6.07) is 9.38. The minimum Gasteiger partial charge on any atom is -0.339 e. The number of rotatable bonds is 2. The zero-order valence-electron chi connectivity index (χ0n) is 17.6. The number of nitrogens with one attached hydrogen (secondary N) is 1. The van der Waals surface area contributed by atoms with Crippen molar-refractivity contribution >= 4 is 11.6 Å². The smallest absolute Gasteiger partial charge is 0.247 e. The van der Waals surface area contributed by atoms with Gasteiger partial charge >= 0.3 is 0 Å². The summed E-state index contributed by atoms with van der Waals surface area (Å²) in [5.74, 6) is 0.235. The molecule has 1 aliphatic carbocycles. The Bertz CT molecular complexity index is 638. The van der Waals surface area contributed by atoms with Gasteiger partial charge in [0.25, 0.3) is 0 Å². The number of benzene rings is 1. The molecule has 2 heterocycles. The Morgan fingerprint density at radius 3 is 2.07 bits per heavy atom. The number of aryl methyl sites for hydroxylation is 1. The third-order valence-electron chi connectivity index (χ3n) is 7.40. The maximum Gasteiger partial charge on any atom is 0.247 e. The highest BCUT2D eigenvalue weighted by atomic mass is 16.2. The molecule has 4 heteroatoms. The molecule has 1 amide bonds. The molecule has 1 aromatic rings. The molecule has 0 aromatic heterocycles. The van der Waals surface area contributed by atoms with E-state index >= 15 is 0 Å². The summed E-state index contributed by atoms with van der Waals surface area (Å²) in [5, 5.41) is 3.14. The monoisotopic (exact) mass is 383 g/mol. The molecule has 0 atom stereocenters. The Hall–Kier alpha value is -1.55. The summed E-state index contributed by atoms with van der Waals surface area (Å²) >= 11 is 0. The average Bonchev–Trinajstić information content (AvgIpc) is 3.03. The second-order valence-corrected chi connectivity index (χ2v) is 9.20. The van der Waals surface area contributed by atoms with Crippen molar-refractivity contribution in [2.75, 3.05) is 24.7 Å². The van der Waals surface area contributed by atoms with Gasteiger partial charge in [-0.2, -0.15) is 0 Å². The number of hydrogen-bond acceptors (Lipinski definition) is 3. The van der Waals surface area contributed by atoms with Crippen molar-refractivity contribution in [1.82, 2.24) is 10.2 Å². The summed E-state index contributed by atoms with van der Waals surface area (Å²) < 4.78 is 0.